The molecule has 2 N–H and O–H groups in total. The van der Waals surface area contributed by atoms with Gasteiger partial charge in [0.15, 0.2) is 11.5 Å². The van der Waals surface area contributed by atoms with Gasteiger partial charge in [-0.2, -0.15) is 0 Å². The maximum atomic E-state index is 14.7. The van der Waals surface area contributed by atoms with E-state index in [0.29, 0.717) is 55.4 Å². The molecule has 7 rings (SSSR count). The second-order valence-electron chi connectivity index (χ2n) is 15.0. The number of aliphatic hydroxyl groups is 2. The van der Waals surface area contributed by atoms with Crippen LogP contribution < -0.4 is 18.9 Å². The maximum absolute atomic E-state index is 14.7. The second kappa shape index (κ2) is 17.0. The van der Waals surface area contributed by atoms with Crippen LogP contribution in [-0.4, -0.2) is 78.9 Å². The molecular formula is C43H54N2O9. The van der Waals surface area contributed by atoms with Gasteiger partial charge in [-0.05, 0) is 91.8 Å². The summed E-state index contributed by atoms with van der Waals surface area (Å²) < 4.78 is 31.8. The van der Waals surface area contributed by atoms with Crippen molar-refractivity contribution in [1.82, 2.24) is 4.90 Å². The van der Waals surface area contributed by atoms with E-state index in [-0.39, 0.29) is 62.1 Å². The van der Waals surface area contributed by atoms with Crippen molar-refractivity contribution in [2.75, 3.05) is 40.3 Å². The van der Waals surface area contributed by atoms with Crippen molar-refractivity contribution in [3.8, 4) is 23.0 Å². The smallest absolute Gasteiger partial charge is 0.239 e. The molecule has 2 fully saturated rings. The molecule has 11 heteroatoms. The van der Waals surface area contributed by atoms with Crippen LogP contribution in [0.15, 0.2) is 78.5 Å². The van der Waals surface area contributed by atoms with Gasteiger partial charge in [0.25, 0.3) is 0 Å². The van der Waals surface area contributed by atoms with E-state index in [0.717, 1.165) is 60.9 Å². The minimum absolute atomic E-state index is 0.0553. The van der Waals surface area contributed by atoms with Crippen molar-refractivity contribution in [3.05, 3.63) is 84.5 Å². The first-order valence-corrected chi connectivity index (χ1v) is 19.5. The van der Waals surface area contributed by atoms with Gasteiger partial charge >= 0.3 is 0 Å². The second-order valence-corrected chi connectivity index (χ2v) is 15.0. The van der Waals surface area contributed by atoms with E-state index >= 15 is 0 Å². The molecule has 6 atom stereocenters. The Balaban J connectivity index is 1.43. The van der Waals surface area contributed by atoms with Gasteiger partial charge in [-0.25, -0.2) is 0 Å². The van der Waals surface area contributed by atoms with Crippen molar-refractivity contribution in [1.29, 1.82) is 0 Å². The molecule has 0 spiro atoms. The Bertz CT molecular complexity index is 1740. The van der Waals surface area contributed by atoms with Crippen molar-refractivity contribution in [2.24, 2.45) is 28.8 Å². The van der Waals surface area contributed by atoms with E-state index in [1.807, 2.05) is 35.2 Å². The van der Waals surface area contributed by atoms with Crippen LogP contribution in [-0.2, 0) is 20.9 Å². The number of hydrogen-bond donors (Lipinski definition) is 2. The lowest BCUT2D eigenvalue weighted by Crippen LogP contribution is -2.70. The Kier molecular flexibility index (Phi) is 12.0. The van der Waals surface area contributed by atoms with Crippen LogP contribution in [0.4, 0.5) is 0 Å². The Morgan fingerprint density at radius 2 is 1.74 bits per heavy atom. The minimum atomic E-state index is -1.32. The quantitative estimate of drug-likeness (QED) is 0.0921. The van der Waals surface area contributed by atoms with E-state index in [4.69, 9.17) is 33.7 Å². The van der Waals surface area contributed by atoms with Crippen LogP contribution in [0, 0.1) is 23.7 Å². The summed E-state index contributed by atoms with van der Waals surface area (Å²) >= 11 is 0. The number of nitrogens with zero attached hydrogens (tertiary/aromatic N) is 2. The van der Waals surface area contributed by atoms with E-state index in [1.54, 1.807) is 19.3 Å². The van der Waals surface area contributed by atoms with Gasteiger partial charge in [-0.1, -0.05) is 48.9 Å². The fourth-order valence-electron chi connectivity index (χ4n) is 9.15. The molecule has 2 saturated carbocycles. The number of benzene rings is 2. The fraction of sp³-hybridized carbons (Fsp3) is 0.535. The highest BCUT2D eigenvalue weighted by molar-refractivity contribution is 6.03. The lowest BCUT2D eigenvalue weighted by Gasteiger charge is -2.60. The third kappa shape index (κ3) is 7.50. The number of unbranched alkanes of at least 4 members (excludes halogenated alkanes) is 2. The molecule has 2 aliphatic heterocycles. The number of fused-ring (bicyclic) bond motifs is 3. The molecule has 3 aliphatic carbocycles. The number of amides is 1. The number of carbonyl (C=O) groups is 1. The number of oxime groups is 1. The summed E-state index contributed by atoms with van der Waals surface area (Å²) in [6.45, 7) is 9.15. The molecule has 0 aromatic heterocycles. The van der Waals surface area contributed by atoms with Crippen LogP contribution in [0.1, 0.15) is 74.8 Å². The average Bonchev–Trinajstić information content (AvgIpc) is 3.94. The molecule has 2 aromatic carbocycles. The van der Waals surface area contributed by atoms with Crippen molar-refractivity contribution in [3.63, 3.8) is 0 Å². The Morgan fingerprint density at radius 3 is 2.48 bits per heavy atom. The number of carbonyl (C=O) groups excluding carboxylic acids is 1. The molecule has 0 bridgehead atoms. The highest BCUT2D eigenvalue weighted by atomic mass is 16.7. The summed E-state index contributed by atoms with van der Waals surface area (Å²) in [5.74, 6) is 1.14. The molecule has 290 valence electrons. The number of hydrogen-bond acceptors (Lipinski definition) is 10. The fourth-order valence-corrected chi connectivity index (χ4v) is 9.15. The predicted octanol–water partition coefficient (Wildman–Crippen LogP) is 6.68. The first-order valence-electron chi connectivity index (χ1n) is 19.5. The largest absolute Gasteiger partial charge is 0.490 e. The zero-order valence-electron chi connectivity index (χ0n) is 31.3. The number of allylic oxidation sites excluding steroid dienone is 1. The van der Waals surface area contributed by atoms with Crippen LogP contribution in [0.2, 0.25) is 0 Å². The molecular weight excluding hydrogens is 688 g/mol. The SMILES string of the molecule is C=CCOc1ccc2c(c1)[C@H]1[C@H](CCCCO)[C@@H](CCCCO)C=C3C(=NOC)C[C@H](N(Cc4ccc5c(c4)OCO5)C(=O)C4CC4)[C@@](OCC=C)(O2)[C@H]31. The first kappa shape index (κ1) is 38.0. The summed E-state index contributed by atoms with van der Waals surface area (Å²) in [4.78, 5) is 22.2. The Labute approximate surface area is 318 Å². The molecule has 1 amide bonds. The summed E-state index contributed by atoms with van der Waals surface area (Å²) in [6, 6.07) is 11.2. The third-order valence-electron chi connectivity index (χ3n) is 11.6. The van der Waals surface area contributed by atoms with Crippen molar-refractivity contribution >= 4 is 11.6 Å². The minimum Gasteiger partial charge on any atom is -0.490 e. The van der Waals surface area contributed by atoms with Crippen molar-refractivity contribution in [2.45, 2.75) is 82.1 Å². The zero-order chi connectivity index (χ0) is 37.7. The highest BCUT2D eigenvalue weighted by Crippen LogP contribution is 2.62. The van der Waals surface area contributed by atoms with Crippen LogP contribution in [0.5, 0.6) is 23.0 Å². The molecule has 0 unspecified atom stereocenters. The van der Waals surface area contributed by atoms with E-state index in [1.165, 1.54) is 0 Å². The third-order valence-corrected chi connectivity index (χ3v) is 11.6. The van der Waals surface area contributed by atoms with Crippen molar-refractivity contribution < 1.29 is 43.5 Å². The van der Waals surface area contributed by atoms with E-state index in [2.05, 4.69) is 25.3 Å². The van der Waals surface area contributed by atoms with E-state index in [9.17, 15) is 15.0 Å². The Morgan fingerprint density at radius 1 is 0.981 bits per heavy atom. The van der Waals surface area contributed by atoms with Crippen LogP contribution in [0.25, 0.3) is 0 Å². The van der Waals surface area contributed by atoms with Gasteiger partial charge < -0.3 is 43.6 Å². The van der Waals surface area contributed by atoms with Gasteiger partial charge in [-0.3, -0.25) is 4.79 Å². The lowest BCUT2D eigenvalue weighted by atomic mass is 9.55. The zero-order valence-corrected chi connectivity index (χ0v) is 31.3. The van der Waals surface area contributed by atoms with E-state index < -0.39 is 11.8 Å². The molecule has 2 aromatic rings. The van der Waals surface area contributed by atoms with Gasteiger partial charge in [-0.15, -0.1) is 6.58 Å². The van der Waals surface area contributed by atoms with Gasteiger partial charge in [0.2, 0.25) is 18.5 Å². The van der Waals surface area contributed by atoms with Crippen LogP contribution >= 0.6 is 0 Å². The summed E-state index contributed by atoms with van der Waals surface area (Å²) in [5.41, 5.74) is 3.69. The maximum Gasteiger partial charge on any atom is 0.239 e. The molecule has 54 heavy (non-hydrogen) atoms. The Hall–Kier alpha value is -4.32. The normalized spacial score (nSPS) is 26.9. The van der Waals surface area contributed by atoms with Gasteiger partial charge in [0, 0.05) is 43.6 Å². The topological polar surface area (TPSA) is 129 Å². The molecule has 11 nitrogen and oxygen atoms in total. The number of aliphatic hydroxyl groups excluding tert-OH is 2. The number of rotatable bonds is 19. The molecule has 5 aliphatic rings. The van der Waals surface area contributed by atoms with Gasteiger partial charge in [0.1, 0.15) is 31.3 Å². The summed E-state index contributed by atoms with van der Waals surface area (Å²) in [6.07, 6.45) is 12.7. The van der Waals surface area contributed by atoms with Gasteiger partial charge in [0.05, 0.1) is 18.2 Å². The standard InChI is InChI=1S/C43H54N2O9/c1-4-20-50-31-15-17-36-34(24-31)40-32(11-7-9-19-47)30(10-6-8-18-46)23-33-35(44-49-3)25-39(43(54-36,41(33)40)53-21-5-2)45(42(48)29-13-14-29)26-28-12-16-37-38(22-28)52-27-51-37/h4-5,12,15-17,22-24,29-30,32,39-41,46-47H,1-2,6-11,13-14,18-21,25-27H2,3H3/t30-,32+,39-,40+,41+,43+/m0/s1. The number of ether oxygens (including phenoxy) is 5. The monoisotopic (exact) mass is 742 g/mol. The predicted molar refractivity (Wildman–Crippen MR) is 203 cm³/mol. The summed E-state index contributed by atoms with van der Waals surface area (Å²) in [7, 11) is 1.56. The molecule has 0 radical (unpaired) electrons. The van der Waals surface area contributed by atoms with Crippen LogP contribution in [0.3, 0.4) is 0 Å². The summed E-state index contributed by atoms with van der Waals surface area (Å²) in [5, 5.41) is 24.3. The molecule has 2 heterocycles. The highest BCUT2D eigenvalue weighted by Gasteiger charge is 2.66. The first-order chi connectivity index (χ1) is 26.5. The average molecular weight is 743 g/mol. The lowest BCUT2D eigenvalue weighted by molar-refractivity contribution is -0.258. The molecule has 0 saturated heterocycles.